The number of hydrogen-bond donors (Lipinski definition) is 0. The summed E-state index contributed by atoms with van der Waals surface area (Å²) in [6, 6.07) is 19.4. The predicted octanol–water partition coefficient (Wildman–Crippen LogP) is 6.42. The Morgan fingerprint density at radius 3 is 2.21 bits per heavy atom. The van der Waals surface area contributed by atoms with Crippen molar-refractivity contribution in [3.63, 3.8) is 0 Å². The Morgan fingerprint density at radius 1 is 0.842 bits per heavy atom. The lowest BCUT2D eigenvalue weighted by atomic mass is 10.2. The predicted molar refractivity (Wildman–Crippen MR) is 145 cm³/mol. The van der Waals surface area contributed by atoms with Gasteiger partial charge in [-0.2, -0.15) is 17.9 Å². The van der Waals surface area contributed by atoms with Crippen LogP contribution in [0.2, 0.25) is 0 Å². The lowest BCUT2D eigenvalue weighted by Gasteiger charge is -2.13. The highest BCUT2D eigenvalue weighted by Gasteiger charge is 2.30. The van der Waals surface area contributed by atoms with E-state index >= 15 is 0 Å². The van der Waals surface area contributed by atoms with Crippen molar-refractivity contribution in [1.82, 2.24) is 29.8 Å². The fourth-order valence-electron chi connectivity index (χ4n) is 3.64. The van der Waals surface area contributed by atoms with Crippen LogP contribution in [0.1, 0.15) is 12.0 Å². The fourth-order valence-corrected chi connectivity index (χ4v) is 5.86. The first-order valence-corrected chi connectivity index (χ1v) is 14.1. The van der Waals surface area contributed by atoms with E-state index in [0.29, 0.717) is 38.4 Å². The van der Waals surface area contributed by atoms with Gasteiger partial charge in [-0.15, -0.1) is 5.10 Å². The molecule has 0 aliphatic heterocycles. The molecular formula is C25H18BrF3N6OS2. The number of aromatic nitrogens is 6. The van der Waals surface area contributed by atoms with E-state index in [-0.39, 0.29) is 5.56 Å². The van der Waals surface area contributed by atoms with Crippen molar-refractivity contribution in [3.05, 3.63) is 93.2 Å². The summed E-state index contributed by atoms with van der Waals surface area (Å²) in [5.74, 6) is 1.33. The molecule has 13 heteroatoms. The first-order chi connectivity index (χ1) is 18.3. The van der Waals surface area contributed by atoms with Crippen molar-refractivity contribution in [2.24, 2.45) is 0 Å². The molecule has 2 aromatic heterocycles. The van der Waals surface area contributed by atoms with E-state index in [1.807, 2.05) is 42.5 Å². The maximum Gasteiger partial charge on any atom is 0.416 e. The normalized spacial score (nSPS) is 11.8. The van der Waals surface area contributed by atoms with Crippen LogP contribution in [0.15, 0.2) is 92.4 Å². The molecule has 0 unspecified atom stereocenters. The number of rotatable bonds is 8. The zero-order valence-corrected chi connectivity index (χ0v) is 22.7. The highest BCUT2D eigenvalue weighted by Crippen LogP contribution is 2.30. The molecule has 7 nitrogen and oxygen atoms in total. The molecular weight excluding hydrogens is 601 g/mol. The molecule has 0 amide bonds. The van der Waals surface area contributed by atoms with Gasteiger partial charge in [-0.1, -0.05) is 51.6 Å². The number of para-hydroxylation sites is 1. The van der Waals surface area contributed by atoms with E-state index in [4.69, 9.17) is 4.98 Å². The average molecular weight is 619 g/mol. The van der Waals surface area contributed by atoms with Gasteiger partial charge in [0.05, 0.1) is 27.8 Å². The summed E-state index contributed by atoms with van der Waals surface area (Å²) < 4.78 is 42.5. The number of benzene rings is 3. The Balaban J connectivity index is 1.27. The molecule has 5 aromatic rings. The summed E-state index contributed by atoms with van der Waals surface area (Å²) in [7, 11) is 0. The minimum atomic E-state index is -4.41. The van der Waals surface area contributed by atoms with Crippen molar-refractivity contribution in [3.8, 4) is 11.4 Å². The molecule has 0 aliphatic carbocycles. The van der Waals surface area contributed by atoms with Gasteiger partial charge in [0.15, 0.2) is 5.16 Å². The number of nitrogens with zero attached hydrogens (tertiary/aromatic N) is 6. The first-order valence-electron chi connectivity index (χ1n) is 11.3. The van der Waals surface area contributed by atoms with Gasteiger partial charge >= 0.3 is 6.18 Å². The SMILES string of the molecule is O=c1c2ccccc2nc(SCCCSc2nnnn2-c2ccc(C(F)(F)F)cc2)n1-c1ccc(Br)cc1. The molecule has 0 saturated carbocycles. The molecule has 2 heterocycles. The first kappa shape index (κ1) is 26.4. The number of hydrogen-bond acceptors (Lipinski definition) is 7. The molecule has 5 rings (SSSR count). The number of fused-ring (bicyclic) bond motifs is 1. The summed E-state index contributed by atoms with van der Waals surface area (Å²) in [5, 5.41) is 13.2. The molecule has 0 bridgehead atoms. The van der Waals surface area contributed by atoms with E-state index in [1.165, 1.54) is 40.3 Å². The summed E-state index contributed by atoms with van der Waals surface area (Å²) in [4.78, 5) is 18.1. The molecule has 194 valence electrons. The van der Waals surface area contributed by atoms with Crippen LogP contribution in [-0.4, -0.2) is 41.3 Å². The summed E-state index contributed by atoms with van der Waals surface area (Å²) in [6.45, 7) is 0. The molecule has 38 heavy (non-hydrogen) atoms. The van der Waals surface area contributed by atoms with Crippen molar-refractivity contribution >= 4 is 50.4 Å². The molecule has 0 atom stereocenters. The van der Waals surface area contributed by atoms with Crippen molar-refractivity contribution < 1.29 is 13.2 Å². The van der Waals surface area contributed by atoms with Crippen LogP contribution < -0.4 is 5.56 Å². The Morgan fingerprint density at radius 2 is 1.50 bits per heavy atom. The van der Waals surface area contributed by atoms with Crippen LogP contribution in [-0.2, 0) is 6.18 Å². The third kappa shape index (κ3) is 5.79. The van der Waals surface area contributed by atoms with E-state index < -0.39 is 11.7 Å². The Bertz CT molecular complexity index is 1620. The largest absolute Gasteiger partial charge is 0.416 e. The van der Waals surface area contributed by atoms with Crippen LogP contribution in [0.5, 0.6) is 0 Å². The Labute approximate surface area is 231 Å². The average Bonchev–Trinajstić information content (AvgIpc) is 3.38. The van der Waals surface area contributed by atoms with Crippen molar-refractivity contribution in [1.29, 1.82) is 0 Å². The van der Waals surface area contributed by atoms with Gasteiger partial charge in [-0.05, 0) is 77.5 Å². The Kier molecular flexibility index (Phi) is 7.86. The third-order valence-electron chi connectivity index (χ3n) is 5.46. The van der Waals surface area contributed by atoms with Crippen LogP contribution in [0, 0.1) is 0 Å². The van der Waals surface area contributed by atoms with Gasteiger partial charge in [-0.25, -0.2) is 4.98 Å². The molecule has 0 radical (unpaired) electrons. The molecule has 3 aromatic carbocycles. The van der Waals surface area contributed by atoms with Gasteiger partial charge in [0.2, 0.25) is 5.16 Å². The second-order valence-corrected chi connectivity index (χ2v) is 11.0. The van der Waals surface area contributed by atoms with E-state index in [0.717, 1.165) is 28.7 Å². The minimum Gasteiger partial charge on any atom is -0.268 e. The molecule has 0 fully saturated rings. The van der Waals surface area contributed by atoms with Gasteiger partial charge in [-0.3, -0.25) is 9.36 Å². The van der Waals surface area contributed by atoms with Crippen molar-refractivity contribution in [2.75, 3.05) is 11.5 Å². The monoisotopic (exact) mass is 618 g/mol. The van der Waals surface area contributed by atoms with Crippen LogP contribution in [0.4, 0.5) is 13.2 Å². The quantitative estimate of drug-likeness (QED) is 0.113. The number of tetrazole rings is 1. The minimum absolute atomic E-state index is 0.134. The van der Waals surface area contributed by atoms with Gasteiger partial charge in [0, 0.05) is 16.0 Å². The zero-order valence-electron chi connectivity index (χ0n) is 19.5. The molecule has 0 N–H and O–H groups in total. The highest BCUT2D eigenvalue weighted by atomic mass is 79.9. The maximum atomic E-state index is 13.3. The van der Waals surface area contributed by atoms with Gasteiger partial charge < -0.3 is 0 Å². The van der Waals surface area contributed by atoms with E-state index in [2.05, 4.69) is 31.5 Å². The van der Waals surface area contributed by atoms with Crippen LogP contribution >= 0.6 is 39.5 Å². The van der Waals surface area contributed by atoms with E-state index in [9.17, 15) is 18.0 Å². The van der Waals surface area contributed by atoms with Crippen molar-refractivity contribution in [2.45, 2.75) is 22.9 Å². The number of halogens is 4. The smallest absolute Gasteiger partial charge is 0.268 e. The second kappa shape index (κ2) is 11.3. The molecule has 0 spiro atoms. The summed E-state index contributed by atoms with van der Waals surface area (Å²) in [6.07, 6.45) is -3.66. The van der Waals surface area contributed by atoms with Gasteiger partial charge in [0.1, 0.15) is 0 Å². The Hall–Kier alpha value is -3.16. The fraction of sp³-hybridized carbons (Fsp3) is 0.160. The standard InChI is InChI=1S/C25H18BrF3N6OS2/c26-17-8-12-18(13-9-17)34-22(36)20-4-1-2-5-21(20)30-23(34)37-14-3-15-38-24-31-32-33-35(24)19-10-6-16(7-11-19)25(27,28)29/h1-2,4-13H,3,14-15H2. The summed E-state index contributed by atoms with van der Waals surface area (Å²) in [5.41, 5.74) is 0.941. The molecule has 0 aliphatic rings. The summed E-state index contributed by atoms with van der Waals surface area (Å²) >= 11 is 6.31. The lowest BCUT2D eigenvalue weighted by Crippen LogP contribution is -2.21. The van der Waals surface area contributed by atoms with E-state index in [1.54, 1.807) is 10.6 Å². The van der Waals surface area contributed by atoms with Crippen LogP contribution in [0.25, 0.3) is 22.3 Å². The third-order valence-corrected chi connectivity index (χ3v) is 8.02. The van der Waals surface area contributed by atoms with Crippen LogP contribution in [0.3, 0.4) is 0 Å². The maximum absolute atomic E-state index is 13.3. The number of alkyl halides is 3. The second-order valence-electron chi connectivity index (χ2n) is 8.00. The lowest BCUT2D eigenvalue weighted by molar-refractivity contribution is -0.137. The number of thioether (sulfide) groups is 2. The topological polar surface area (TPSA) is 78.5 Å². The molecule has 0 saturated heterocycles. The zero-order chi connectivity index (χ0) is 26.7. The highest BCUT2D eigenvalue weighted by molar-refractivity contribution is 9.10. The van der Waals surface area contributed by atoms with Gasteiger partial charge in [0.25, 0.3) is 5.56 Å².